The Kier molecular flexibility index (Phi) is 5.42. The molecule has 0 unspecified atom stereocenters. The van der Waals surface area contributed by atoms with Crippen LogP contribution in [0.15, 0.2) is 29.3 Å². The Morgan fingerprint density at radius 2 is 2.11 bits per heavy atom. The molecule has 8 heteroatoms. The number of nitrogens with one attached hydrogen (secondary N) is 1. The number of aliphatic imine (C=N–C) groups is 1. The number of hydrogen-bond donors (Lipinski definition) is 1. The predicted octanol–water partition coefficient (Wildman–Crippen LogP) is 1.33. The van der Waals surface area contributed by atoms with Gasteiger partial charge < -0.3 is 4.90 Å². The van der Waals surface area contributed by atoms with Gasteiger partial charge >= 0.3 is 6.03 Å². The van der Waals surface area contributed by atoms with E-state index in [0.29, 0.717) is 5.56 Å². The number of amides is 2. The molecule has 102 valence electrons. The molecule has 0 spiro atoms. The average Bonchev–Trinajstić information content (AvgIpc) is 2.37. The second-order valence-electron chi connectivity index (χ2n) is 3.83. The molecule has 19 heavy (non-hydrogen) atoms. The van der Waals surface area contributed by atoms with Crippen LogP contribution in [0, 0.1) is 10.1 Å². The van der Waals surface area contributed by atoms with Gasteiger partial charge in [-0.1, -0.05) is 0 Å². The fourth-order valence-corrected chi connectivity index (χ4v) is 1.09. The third kappa shape index (κ3) is 5.59. The van der Waals surface area contributed by atoms with Gasteiger partial charge in [0.1, 0.15) is 0 Å². The molecule has 8 nitrogen and oxygen atoms in total. The molecule has 0 aliphatic heterocycles. The number of urea groups is 1. The van der Waals surface area contributed by atoms with Crippen molar-refractivity contribution in [1.82, 2.24) is 10.4 Å². The van der Waals surface area contributed by atoms with Crippen molar-refractivity contribution in [2.45, 2.75) is 6.61 Å². The third-order valence-electron chi connectivity index (χ3n) is 1.95. The highest BCUT2D eigenvalue weighted by atomic mass is 16.7. The number of rotatable bonds is 5. The van der Waals surface area contributed by atoms with Crippen LogP contribution >= 0.6 is 0 Å². The van der Waals surface area contributed by atoms with Crippen molar-refractivity contribution in [3.63, 3.8) is 0 Å². The Balaban J connectivity index is 2.37. The lowest BCUT2D eigenvalue weighted by Crippen LogP contribution is -2.21. The number of hydroxylamine groups is 1. The fraction of sp³-hybridized carbons (Fsp3) is 0.273. The summed E-state index contributed by atoms with van der Waals surface area (Å²) in [7, 11) is 3.46. The molecule has 0 aliphatic carbocycles. The van der Waals surface area contributed by atoms with Crippen molar-refractivity contribution < 1.29 is 14.6 Å². The number of nitro benzene ring substituents is 1. The molecule has 1 aromatic rings. The second-order valence-corrected chi connectivity index (χ2v) is 3.83. The Morgan fingerprint density at radius 1 is 1.47 bits per heavy atom. The maximum Gasteiger partial charge on any atom is 0.366 e. The molecule has 1 rings (SSSR count). The van der Waals surface area contributed by atoms with Gasteiger partial charge in [0.25, 0.3) is 5.69 Å². The van der Waals surface area contributed by atoms with E-state index in [1.807, 2.05) is 0 Å². The Labute approximate surface area is 109 Å². The number of non-ortho nitro benzene ring substituents is 1. The quantitative estimate of drug-likeness (QED) is 0.375. The minimum absolute atomic E-state index is 0.00312. The van der Waals surface area contributed by atoms with E-state index >= 15 is 0 Å². The van der Waals surface area contributed by atoms with Crippen molar-refractivity contribution in [3.05, 3.63) is 39.9 Å². The van der Waals surface area contributed by atoms with Crippen LogP contribution in [-0.4, -0.2) is 36.3 Å². The summed E-state index contributed by atoms with van der Waals surface area (Å²) in [6, 6.07) is 5.20. The smallest absolute Gasteiger partial charge is 0.366 e. The molecule has 0 aliphatic rings. The molecular weight excluding hydrogens is 252 g/mol. The summed E-state index contributed by atoms with van der Waals surface area (Å²) in [6.45, 7) is 0.0984. The van der Waals surface area contributed by atoms with Crippen LogP contribution < -0.4 is 5.48 Å². The van der Waals surface area contributed by atoms with Crippen LogP contribution in [0.4, 0.5) is 10.5 Å². The maximum atomic E-state index is 11.1. The lowest BCUT2D eigenvalue weighted by Gasteiger charge is -2.04. The van der Waals surface area contributed by atoms with Crippen LogP contribution in [-0.2, 0) is 11.4 Å². The van der Waals surface area contributed by atoms with Crippen molar-refractivity contribution in [3.8, 4) is 0 Å². The van der Waals surface area contributed by atoms with Crippen molar-refractivity contribution in [1.29, 1.82) is 0 Å². The van der Waals surface area contributed by atoms with Gasteiger partial charge in [0.15, 0.2) is 0 Å². The summed E-state index contributed by atoms with van der Waals surface area (Å²) in [4.78, 5) is 31.1. The summed E-state index contributed by atoms with van der Waals surface area (Å²) in [5, 5.41) is 10.4. The summed E-state index contributed by atoms with van der Waals surface area (Å²) in [6.07, 6.45) is 1.34. The highest BCUT2D eigenvalue weighted by Crippen LogP contribution is 2.12. The topological polar surface area (TPSA) is 97.1 Å². The predicted molar refractivity (Wildman–Crippen MR) is 68.6 cm³/mol. The van der Waals surface area contributed by atoms with E-state index in [9.17, 15) is 14.9 Å². The Hall–Kier alpha value is -2.48. The number of hydrogen-bond acceptors (Lipinski definition) is 4. The molecule has 2 amide bonds. The summed E-state index contributed by atoms with van der Waals surface area (Å²) >= 11 is 0. The fourth-order valence-electron chi connectivity index (χ4n) is 1.09. The Bertz CT molecular complexity index is 470. The molecule has 0 saturated heterocycles. The molecule has 1 aromatic carbocycles. The number of carbonyl (C=O) groups excluding carboxylic acids is 1. The number of benzene rings is 1. The molecular formula is C11H14N4O4. The molecule has 0 fully saturated rings. The van der Waals surface area contributed by atoms with E-state index in [1.165, 1.54) is 18.5 Å². The van der Waals surface area contributed by atoms with Gasteiger partial charge in [-0.3, -0.25) is 15.0 Å². The lowest BCUT2D eigenvalue weighted by molar-refractivity contribution is -0.384. The van der Waals surface area contributed by atoms with Gasteiger partial charge in [-0.25, -0.2) is 10.3 Å². The van der Waals surface area contributed by atoms with Gasteiger partial charge in [0, 0.05) is 26.2 Å². The minimum Gasteiger partial charge on any atom is -0.369 e. The molecule has 0 aromatic heterocycles. The number of nitro groups is 1. The van der Waals surface area contributed by atoms with Crippen molar-refractivity contribution in [2.24, 2.45) is 4.99 Å². The zero-order valence-electron chi connectivity index (χ0n) is 10.6. The first kappa shape index (κ1) is 14.6. The van der Waals surface area contributed by atoms with Crippen LogP contribution in [0.2, 0.25) is 0 Å². The minimum atomic E-state index is -0.629. The lowest BCUT2D eigenvalue weighted by atomic mass is 10.2. The van der Waals surface area contributed by atoms with Crippen LogP contribution in [0.25, 0.3) is 0 Å². The van der Waals surface area contributed by atoms with Gasteiger partial charge in [-0.2, -0.15) is 4.99 Å². The van der Waals surface area contributed by atoms with E-state index in [2.05, 4.69) is 10.5 Å². The van der Waals surface area contributed by atoms with E-state index in [-0.39, 0.29) is 12.3 Å². The van der Waals surface area contributed by atoms with Gasteiger partial charge in [0.2, 0.25) is 0 Å². The monoisotopic (exact) mass is 266 g/mol. The van der Waals surface area contributed by atoms with Gasteiger partial charge in [-0.15, -0.1) is 0 Å². The molecule has 0 heterocycles. The highest BCUT2D eigenvalue weighted by Gasteiger charge is 2.04. The Morgan fingerprint density at radius 3 is 2.63 bits per heavy atom. The first-order valence-electron chi connectivity index (χ1n) is 5.35. The molecule has 0 radical (unpaired) electrons. The normalized spacial score (nSPS) is 10.4. The van der Waals surface area contributed by atoms with E-state index in [4.69, 9.17) is 4.84 Å². The standard InChI is InChI=1S/C11H14N4O4/c1-14(2)8-12-11(16)13-19-7-9-3-5-10(6-4-9)15(17)18/h3-6,8H,7H2,1-2H3,(H,13,16). The highest BCUT2D eigenvalue weighted by molar-refractivity contribution is 5.81. The second kappa shape index (κ2) is 7.07. The molecule has 0 bridgehead atoms. The molecule has 0 saturated carbocycles. The van der Waals surface area contributed by atoms with Crippen molar-refractivity contribution >= 4 is 18.1 Å². The summed E-state index contributed by atoms with van der Waals surface area (Å²) in [5.41, 5.74) is 2.83. The maximum absolute atomic E-state index is 11.1. The summed E-state index contributed by atoms with van der Waals surface area (Å²) < 4.78 is 0. The van der Waals surface area contributed by atoms with Crippen LogP contribution in [0.1, 0.15) is 5.56 Å². The SMILES string of the molecule is CN(C)C=NC(=O)NOCc1ccc([N+](=O)[O-])cc1. The largest absolute Gasteiger partial charge is 0.369 e. The zero-order chi connectivity index (χ0) is 14.3. The van der Waals surface area contributed by atoms with Crippen molar-refractivity contribution in [2.75, 3.05) is 14.1 Å². The number of carbonyl (C=O) groups is 1. The van der Waals surface area contributed by atoms with Crippen LogP contribution in [0.3, 0.4) is 0 Å². The number of nitrogens with zero attached hydrogens (tertiary/aromatic N) is 3. The van der Waals surface area contributed by atoms with E-state index in [1.54, 1.807) is 31.1 Å². The van der Waals surface area contributed by atoms with E-state index in [0.717, 1.165) is 0 Å². The molecule has 0 atom stereocenters. The van der Waals surface area contributed by atoms with Gasteiger partial charge in [-0.05, 0) is 17.7 Å². The van der Waals surface area contributed by atoms with E-state index < -0.39 is 11.0 Å². The first-order chi connectivity index (χ1) is 8.99. The third-order valence-corrected chi connectivity index (χ3v) is 1.95. The molecule has 1 N–H and O–H groups in total. The average molecular weight is 266 g/mol. The van der Waals surface area contributed by atoms with Crippen LogP contribution in [0.5, 0.6) is 0 Å². The first-order valence-corrected chi connectivity index (χ1v) is 5.35. The zero-order valence-corrected chi connectivity index (χ0v) is 10.6. The van der Waals surface area contributed by atoms with Gasteiger partial charge in [0.05, 0.1) is 17.9 Å². The summed E-state index contributed by atoms with van der Waals surface area (Å²) in [5.74, 6) is 0.